The van der Waals surface area contributed by atoms with Crippen molar-refractivity contribution in [3.8, 4) is 0 Å². The Kier molecular flexibility index (Phi) is 7.90. The lowest BCUT2D eigenvalue weighted by atomic mass is 9.46. The molecule has 5 atom stereocenters. The zero-order valence-corrected chi connectivity index (χ0v) is 18.5. The van der Waals surface area contributed by atoms with Crippen LogP contribution in [0.2, 0.25) is 0 Å². The molecule has 25 heavy (non-hydrogen) atoms. The first-order chi connectivity index (χ1) is 11.8. The maximum absolute atomic E-state index is 2.69. The number of unbranched alkanes of at least 4 members (excludes halogenated alkanes) is 4. The summed E-state index contributed by atoms with van der Waals surface area (Å²) in [5.74, 6) is 3.84. The van der Waals surface area contributed by atoms with E-state index in [1.54, 1.807) is 0 Å². The first kappa shape index (κ1) is 21.3. The molecule has 0 unspecified atom stereocenters. The van der Waals surface area contributed by atoms with Crippen LogP contribution < -0.4 is 0 Å². The number of rotatable bonds is 9. The van der Waals surface area contributed by atoms with Crippen LogP contribution in [0.5, 0.6) is 0 Å². The van der Waals surface area contributed by atoms with Gasteiger partial charge in [0.1, 0.15) is 0 Å². The second-order valence-corrected chi connectivity index (χ2v) is 10.9. The van der Waals surface area contributed by atoms with Gasteiger partial charge >= 0.3 is 0 Å². The molecule has 0 bridgehead atoms. The Morgan fingerprint density at radius 2 is 1.64 bits per heavy atom. The van der Waals surface area contributed by atoms with Crippen LogP contribution in [0.15, 0.2) is 0 Å². The predicted octanol–water partition coefficient (Wildman–Crippen LogP) is 8.64. The van der Waals surface area contributed by atoms with Crippen molar-refractivity contribution in [2.45, 2.75) is 125 Å². The molecule has 0 saturated heterocycles. The second-order valence-electron chi connectivity index (χ2n) is 10.9. The Labute approximate surface area is 159 Å². The maximum atomic E-state index is 2.69. The molecule has 0 aromatic rings. The molecule has 0 radical (unpaired) electrons. The van der Waals surface area contributed by atoms with E-state index in [0.29, 0.717) is 10.8 Å². The summed E-state index contributed by atoms with van der Waals surface area (Å²) in [7, 11) is 0. The Balaban J connectivity index is 1.86. The molecule has 2 fully saturated rings. The minimum absolute atomic E-state index is 0.580. The molecule has 0 aromatic heterocycles. The molecular formula is C25H48. The maximum Gasteiger partial charge on any atom is -0.0262 e. The molecule has 0 aromatic carbocycles. The normalized spacial score (nSPS) is 36.0. The van der Waals surface area contributed by atoms with Gasteiger partial charge in [-0.3, -0.25) is 0 Å². The fraction of sp³-hybridized carbons (Fsp3) is 1.00. The summed E-state index contributed by atoms with van der Waals surface area (Å²) < 4.78 is 0. The summed E-state index contributed by atoms with van der Waals surface area (Å²) >= 11 is 0. The van der Waals surface area contributed by atoms with Crippen molar-refractivity contribution in [3.63, 3.8) is 0 Å². The van der Waals surface area contributed by atoms with Crippen LogP contribution in [0, 0.1) is 34.5 Å². The van der Waals surface area contributed by atoms with Crippen molar-refractivity contribution < 1.29 is 0 Å². The second kappa shape index (κ2) is 9.27. The minimum atomic E-state index is 0.580. The lowest BCUT2D eigenvalue weighted by Crippen LogP contribution is -2.51. The van der Waals surface area contributed by atoms with Gasteiger partial charge < -0.3 is 0 Å². The zero-order valence-electron chi connectivity index (χ0n) is 18.5. The molecule has 0 heteroatoms. The topological polar surface area (TPSA) is 0 Å². The fourth-order valence-corrected chi connectivity index (χ4v) is 6.93. The van der Waals surface area contributed by atoms with E-state index >= 15 is 0 Å². The van der Waals surface area contributed by atoms with Crippen LogP contribution in [0.1, 0.15) is 125 Å². The van der Waals surface area contributed by atoms with Gasteiger partial charge in [-0.25, -0.2) is 0 Å². The van der Waals surface area contributed by atoms with Crippen LogP contribution >= 0.6 is 0 Å². The molecule has 2 aliphatic carbocycles. The molecule has 2 saturated carbocycles. The molecule has 0 heterocycles. The zero-order chi connectivity index (χ0) is 18.5. The van der Waals surface area contributed by atoms with Crippen molar-refractivity contribution in [2.75, 3.05) is 0 Å². The van der Waals surface area contributed by atoms with Gasteiger partial charge in [-0.15, -0.1) is 0 Å². The summed E-state index contributed by atoms with van der Waals surface area (Å²) in [5, 5.41) is 0. The Morgan fingerprint density at radius 1 is 0.920 bits per heavy atom. The quantitative estimate of drug-likeness (QED) is 0.366. The van der Waals surface area contributed by atoms with Gasteiger partial charge in [0.15, 0.2) is 0 Å². The van der Waals surface area contributed by atoms with Crippen molar-refractivity contribution in [2.24, 2.45) is 34.5 Å². The molecule has 0 aliphatic heterocycles. The van der Waals surface area contributed by atoms with E-state index in [-0.39, 0.29) is 0 Å². The van der Waals surface area contributed by atoms with E-state index in [2.05, 4.69) is 41.5 Å². The molecule has 2 rings (SSSR count). The van der Waals surface area contributed by atoms with E-state index < -0.39 is 0 Å². The largest absolute Gasteiger partial charge is 0.0654 e. The first-order valence-corrected chi connectivity index (χ1v) is 11.8. The van der Waals surface area contributed by atoms with Crippen molar-refractivity contribution in [1.82, 2.24) is 0 Å². The minimum Gasteiger partial charge on any atom is -0.0654 e. The van der Waals surface area contributed by atoms with Gasteiger partial charge in [0.05, 0.1) is 0 Å². The van der Waals surface area contributed by atoms with Gasteiger partial charge in [0.2, 0.25) is 0 Å². The summed E-state index contributed by atoms with van der Waals surface area (Å²) in [6, 6.07) is 0. The third-order valence-corrected chi connectivity index (χ3v) is 8.49. The van der Waals surface area contributed by atoms with Gasteiger partial charge in [0.25, 0.3) is 0 Å². The van der Waals surface area contributed by atoms with Gasteiger partial charge in [-0.2, -0.15) is 0 Å². The van der Waals surface area contributed by atoms with E-state index in [4.69, 9.17) is 0 Å². The highest BCUT2D eigenvalue weighted by Crippen LogP contribution is 2.62. The lowest BCUT2D eigenvalue weighted by Gasteiger charge is -2.59. The highest BCUT2D eigenvalue weighted by molar-refractivity contribution is 5.02. The fourth-order valence-electron chi connectivity index (χ4n) is 6.93. The van der Waals surface area contributed by atoms with Gasteiger partial charge in [-0.05, 0) is 60.2 Å². The van der Waals surface area contributed by atoms with Gasteiger partial charge in [0, 0.05) is 0 Å². The van der Waals surface area contributed by atoms with E-state index in [1.807, 2.05) is 0 Å². The lowest BCUT2D eigenvalue weighted by molar-refractivity contribution is -0.0972. The summed E-state index contributed by atoms with van der Waals surface area (Å²) in [5.41, 5.74) is 1.20. The van der Waals surface area contributed by atoms with Crippen LogP contribution in [-0.2, 0) is 0 Å². The van der Waals surface area contributed by atoms with Crippen molar-refractivity contribution in [3.05, 3.63) is 0 Å². The van der Waals surface area contributed by atoms with Crippen molar-refractivity contribution in [1.29, 1.82) is 0 Å². The Bertz CT molecular complexity index is 381. The van der Waals surface area contributed by atoms with Crippen LogP contribution in [0.4, 0.5) is 0 Å². The van der Waals surface area contributed by atoms with E-state index in [1.165, 1.54) is 83.5 Å². The SMILES string of the molecule is CCCCCCC[C@@H](C)CC[C@H]1[C@@H](C)CC[C@H]2C(C)(C)CCC[C@]12C. The third-order valence-electron chi connectivity index (χ3n) is 8.49. The Hall–Kier alpha value is 0. The highest BCUT2D eigenvalue weighted by Gasteiger charge is 2.53. The monoisotopic (exact) mass is 348 g/mol. The number of hydrogen-bond donors (Lipinski definition) is 0. The average Bonchev–Trinajstić information content (AvgIpc) is 2.53. The van der Waals surface area contributed by atoms with Crippen LogP contribution in [0.25, 0.3) is 0 Å². The van der Waals surface area contributed by atoms with Crippen molar-refractivity contribution >= 4 is 0 Å². The average molecular weight is 349 g/mol. The molecule has 0 nitrogen and oxygen atoms in total. The summed E-state index contributed by atoms with van der Waals surface area (Å²) in [6.07, 6.45) is 19.0. The molecular weight excluding hydrogens is 300 g/mol. The summed E-state index contributed by atoms with van der Waals surface area (Å²) in [4.78, 5) is 0. The van der Waals surface area contributed by atoms with E-state index in [0.717, 1.165) is 23.7 Å². The van der Waals surface area contributed by atoms with Crippen LogP contribution in [-0.4, -0.2) is 0 Å². The molecule has 0 amide bonds. The number of fused-ring (bicyclic) bond motifs is 1. The Morgan fingerprint density at radius 3 is 2.36 bits per heavy atom. The number of hydrogen-bond acceptors (Lipinski definition) is 0. The molecule has 0 N–H and O–H groups in total. The highest BCUT2D eigenvalue weighted by atomic mass is 14.6. The van der Waals surface area contributed by atoms with Gasteiger partial charge in [-0.1, -0.05) is 99.3 Å². The van der Waals surface area contributed by atoms with E-state index in [9.17, 15) is 0 Å². The first-order valence-electron chi connectivity index (χ1n) is 11.8. The predicted molar refractivity (Wildman–Crippen MR) is 113 cm³/mol. The molecule has 0 spiro atoms. The molecule has 2 aliphatic rings. The molecule has 148 valence electrons. The summed E-state index contributed by atoms with van der Waals surface area (Å²) in [6.45, 7) is 15.2. The van der Waals surface area contributed by atoms with Crippen LogP contribution in [0.3, 0.4) is 0 Å². The standard InChI is InChI=1S/C25H48/c1-7-8-9-10-11-13-20(2)14-16-22-21(3)15-17-23-24(4,5)18-12-19-25(22,23)6/h20-23H,7-19H2,1-6H3/t20-,21+,22+,23+,25-/m1/s1. The third kappa shape index (κ3) is 5.26. The smallest absolute Gasteiger partial charge is 0.0262 e.